The molecular weight excluding hydrogens is 372 g/mol. The van der Waals surface area contributed by atoms with Gasteiger partial charge >= 0.3 is 0 Å². The second-order valence-electron chi connectivity index (χ2n) is 7.11. The predicted octanol–water partition coefficient (Wildman–Crippen LogP) is 2.15. The first-order valence-electron chi connectivity index (χ1n) is 8.19. The second-order valence-corrected chi connectivity index (χ2v) is 8.03. The quantitative estimate of drug-likeness (QED) is 0.625. The molecule has 0 unspecified atom stereocenters. The fourth-order valence-electron chi connectivity index (χ4n) is 4.83. The van der Waals surface area contributed by atoms with Gasteiger partial charge in [0.05, 0.1) is 11.8 Å². The van der Waals surface area contributed by atoms with Gasteiger partial charge in [0.15, 0.2) is 0 Å². The van der Waals surface area contributed by atoms with E-state index in [2.05, 4.69) is 33.5 Å². The molecule has 3 fully saturated rings. The summed E-state index contributed by atoms with van der Waals surface area (Å²) >= 11 is 3.32. The molecule has 2 saturated carbocycles. The summed E-state index contributed by atoms with van der Waals surface area (Å²) in [5.41, 5.74) is 2.94. The zero-order valence-corrected chi connectivity index (χ0v) is 14.3. The monoisotopic (exact) mass is 386 g/mol. The molecule has 1 heterocycles. The number of hydrogen-bond acceptors (Lipinski definition) is 3. The van der Waals surface area contributed by atoms with Gasteiger partial charge in [-0.25, -0.2) is 0 Å². The van der Waals surface area contributed by atoms with Crippen LogP contribution in [0.4, 0.5) is 0 Å². The molecule has 1 aliphatic heterocycles. The van der Waals surface area contributed by atoms with Crippen LogP contribution in [0.15, 0.2) is 40.9 Å². The van der Waals surface area contributed by atoms with E-state index in [0.29, 0.717) is 17.4 Å². The molecule has 6 rings (SSSR count). The first-order valence-corrected chi connectivity index (χ1v) is 8.98. The average molecular weight is 387 g/mol. The molecule has 1 aromatic rings. The fourth-order valence-corrected chi connectivity index (χ4v) is 5.10. The van der Waals surface area contributed by atoms with Crippen molar-refractivity contribution in [1.29, 1.82) is 0 Å². The summed E-state index contributed by atoms with van der Waals surface area (Å²) in [4.78, 5) is 37.9. The Morgan fingerprint density at radius 3 is 2.08 bits per heavy atom. The third-order valence-electron chi connectivity index (χ3n) is 5.98. The maximum atomic E-state index is 12.8. The van der Waals surface area contributed by atoms with Crippen molar-refractivity contribution >= 4 is 33.7 Å². The smallest absolute Gasteiger partial charge is 0.270 e. The maximum Gasteiger partial charge on any atom is 0.270 e. The minimum absolute atomic E-state index is 0.163. The van der Waals surface area contributed by atoms with Crippen LogP contribution in [0.2, 0.25) is 0 Å². The van der Waals surface area contributed by atoms with E-state index >= 15 is 0 Å². The zero-order chi connectivity index (χ0) is 16.6. The van der Waals surface area contributed by atoms with Gasteiger partial charge in [0.2, 0.25) is 0 Å². The van der Waals surface area contributed by atoms with E-state index in [1.165, 1.54) is 0 Å². The minimum atomic E-state index is -0.437. The van der Waals surface area contributed by atoms with Crippen molar-refractivity contribution in [3.05, 3.63) is 46.5 Å². The summed E-state index contributed by atoms with van der Waals surface area (Å²) in [6, 6.07) is 6.80. The molecule has 5 aliphatic rings. The van der Waals surface area contributed by atoms with E-state index in [9.17, 15) is 14.4 Å². The number of halogens is 1. The van der Waals surface area contributed by atoms with Gasteiger partial charge in [-0.2, -0.15) is 5.01 Å². The van der Waals surface area contributed by atoms with Crippen LogP contribution in [0, 0.1) is 35.5 Å². The molecule has 0 spiro atoms. The van der Waals surface area contributed by atoms with Crippen molar-refractivity contribution in [1.82, 2.24) is 10.4 Å². The standard InChI is InChI=1S/C18H15BrN2O3/c19-9-3-1-8(2-4-9)16(22)20-21-17(23)14-10-5-6-11(13-7-12(10)13)15(14)18(21)24/h1-6,10-15H,7H2,(H,20,22)/t10-,11-,12-,13-,14+,15+/m1/s1. The number of carbonyl (C=O) groups is 3. The van der Waals surface area contributed by atoms with E-state index in [1.807, 2.05) is 0 Å². The summed E-state index contributed by atoms with van der Waals surface area (Å²) in [5, 5.41) is 0.970. The molecule has 3 amide bonds. The van der Waals surface area contributed by atoms with Gasteiger partial charge in [0.25, 0.3) is 17.7 Å². The number of nitrogens with one attached hydrogen (secondary N) is 1. The van der Waals surface area contributed by atoms with Crippen LogP contribution >= 0.6 is 15.9 Å². The van der Waals surface area contributed by atoms with Gasteiger partial charge in [-0.3, -0.25) is 19.8 Å². The van der Waals surface area contributed by atoms with Crippen molar-refractivity contribution < 1.29 is 14.4 Å². The maximum absolute atomic E-state index is 12.8. The topological polar surface area (TPSA) is 66.5 Å². The number of benzene rings is 1. The Morgan fingerprint density at radius 1 is 1.00 bits per heavy atom. The van der Waals surface area contributed by atoms with Crippen molar-refractivity contribution in [2.75, 3.05) is 0 Å². The summed E-state index contributed by atoms with van der Waals surface area (Å²) in [5.74, 6) is -0.0797. The third kappa shape index (κ3) is 1.83. The van der Waals surface area contributed by atoms with Crippen LogP contribution in [-0.4, -0.2) is 22.7 Å². The van der Waals surface area contributed by atoms with E-state index in [4.69, 9.17) is 0 Å². The molecule has 2 bridgehead atoms. The van der Waals surface area contributed by atoms with E-state index in [1.54, 1.807) is 24.3 Å². The Labute approximate surface area is 147 Å². The molecule has 1 N–H and O–H groups in total. The predicted molar refractivity (Wildman–Crippen MR) is 88.2 cm³/mol. The number of rotatable bonds is 2. The number of amides is 3. The van der Waals surface area contributed by atoms with Gasteiger partial charge in [0, 0.05) is 10.0 Å². The fraction of sp³-hybridized carbons (Fsp3) is 0.389. The van der Waals surface area contributed by atoms with Crippen LogP contribution < -0.4 is 5.43 Å². The molecule has 0 radical (unpaired) electrons. The van der Waals surface area contributed by atoms with Crippen molar-refractivity contribution in [2.24, 2.45) is 35.5 Å². The van der Waals surface area contributed by atoms with Crippen molar-refractivity contribution in [3.8, 4) is 0 Å². The molecule has 1 saturated heterocycles. The molecule has 24 heavy (non-hydrogen) atoms. The Morgan fingerprint density at radius 2 is 1.54 bits per heavy atom. The molecule has 5 nitrogen and oxygen atoms in total. The molecule has 1 aromatic carbocycles. The van der Waals surface area contributed by atoms with Crippen LogP contribution in [0.1, 0.15) is 16.8 Å². The molecule has 0 aromatic heterocycles. The highest BCUT2D eigenvalue weighted by Crippen LogP contribution is 2.65. The Kier molecular flexibility index (Phi) is 2.87. The van der Waals surface area contributed by atoms with Crippen LogP contribution in [0.25, 0.3) is 0 Å². The third-order valence-corrected chi connectivity index (χ3v) is 6.51. The van der Waals surface area contributed by atoms with E-state index in [-0.39, 0.29) is 35.5 Å². The van der Waals surface area contributed by atoms with Gasteiger partial charge in [0.1, 0.15) is 0 Å². The van der Waals surface area contributed by atoms with Crippen molar-refractivity contribution in [3.63, 3.8) is 0 Å². The summed E-state index contributed by atoms with van der Waals surface area (Å²) in [7, 11) is 0. The lowest BCUT2D eigenvalue weighted by molar-refractivity contribution is -0.143. The number of hydrogen-bond donors (Lipinski definition) is 1. The summed E-state index contributed by atoms with van der Waals surface area (Å²) in [6.07, 6.45) is 5.36. The SMILES string of the molecule is O=C(NN1C(=O)[C@H]2[C@@H]3C=C[C@H]([C@H]4C[C@H]34)[C@@H]2C1=O)c1ccc(Br)cc1. The first-order chi connectivity index (χ1) is 11.6. The molecule has 6 heteroatoms. The number of imide groups is 1. The lowest BCUT2D eigenvalue weighted by Crippen LogP contribution is -2.46. The van der Waals surface area contributed by atoms with E-state index < -0.39 is 5.91 Å². The highest BCUT2D eigenvalue weighted by Gasteiger charge is 2.67. The van der Waals surface area contributed by atoms with Gasteiger partial charge in [-0.15, -0.1) is 0 Å². The van der Waals surface area contributed by atoms with Crippen LogP contribution in [0.3, 0.4) is 0 Å². The highest BCUT2D eigenvalue weighted by atomic mass is 79.9. The Hall–Kier alpha value is -1.95. The number of allylic oxidation sites excluding steroid dienone is 2. The largest absolute Gasteiger partial charge is 0.272 e. The molecule has 6 atom stereocenters. The van der Waals surface area contributed by atoms with Gasteiger partial charge < -0.3 is 0 Å². The lowest BCUT2D eigenvalue weighted by Gasteiger charge is -2.37. The second kappa shape index (κ2) is 4.79. The highest BCUT2D eigenvalue weighted by molar-refractivity contribution is 9.10. The number of hydrazine groups is 1. The molecule has 122 valence electrons. The normalized spacial score (nSPS) is 38.1. The first kappa shape index (κ1) is 14.4. The minimum Gasteiger partial charge on any atom is -0.272 e. The Balaban J connectivity index is 1.40. The van der Waals surface area contributed by atoms with E-state index in [0.717, 1.165) is 15.9 Å². The molecular formula is C18H15BrN2O3. The molecule has 4 aliphatic carbocycles. The van der Waals surface area contributed by atoms with Crippen LogP contribution in [-0.2, 0) is 9.59 Å². The number of nitrogens with zero attached hydrogens (tertiary/aromatic N) is 1. The van der Waals surface area contributed by atoms with Gasteiger partial charge in [-0.05, 0) is 54.4 Å². The summed E-state index contributed by atoms with van der Waals surface area (Å²) < 4.78 is 0.861. The lowest BCUT2D eigenvalue weighted by atomic mass is 9.63. The van der Waals surface area contributed by atoms with Gasteiger partial charge in [-0.1, -0.05) is 28.1 Å². The summed E-state index contributed by atoms with van der Waals surface area (Å²) in [6.45, 7) is 0. The Bertz CT molecular complexity index is 767. The van der Waals surface area contributed by atoms with Crippen LogP contribution in [0.5, 0.6) is 0 Å². The van der Waals surface area contributed by atoms with Crippen molar-refractivity contribution in [2.45, 2.75) is 6.42 Å². The average Bonchev–Trinajstić information content (AvgIpc) is 3.36. The zero-order valence-electron chi connectivity index (χ0n) is 12.7. The number of carbonyl (C=O) groups excluding carboxylic acids is 3.